The Bertz CT molecular complexity index is 477. The number of anilines is 1. The summed E-state index contributed by atoms with van der Waals surface area (Å²) in [5.74, 6) is 0.705. The summed E-state index contributed by atoms with van der Waals surface area (Å²) >= 11 is 0. The molecule has 0 fully saturated rings. The average Bonchev–Trinajstić information content (AvgIpc) is 2.43. The molecule has 4 nitrogen and oxygen atoms in total. The van der Waals surface area contributed by atoms with E-state index in [1.165, 1.54) is 0 Å². The fourth-order valence-electron chi connectivity index (χ4n) is 2.06. The molecule has 1 unspecified atom stereocenters. The van der Waals surface area contributed by atoms with Crippen LogP contribution in [0.5, 0.6) is 0 Å². The summed E-state index contributed by atoms with van der Waals surface area (Å²) in [5.41, 5.74) is 1.50. The van der Waals surface area contributed by atoms with E-state index in [2.05, 4.69) is 50.2 Å². The lowest BCUT2D eigenvalue weighted by Crippen LogP contribution is -2.33. The van der Waals surface area contributed by atoms with E-state index in [9.17, 15) is 4.79 Å². The van der Waals surface area contributed by atoms with Gasteiger partial charge in [-0.3, -0.25) is 4.79 Å². The Morgan fingerprint density at radius 3 is 2.52 bits per heavy atom. The van der Waals surface area contributed by atoms with Crippen molar-refractivity contribution in [3.63, 3.8) is 0 Å². The van der Waals surface area contributed by atoms with Gasteiger partial charge in [0, 0.05) is 29.8 Å². The molecule has 4 heteroatoms. The Labute approximate surface area is 128 Å². The van der Waals surface area contributed by atoms with Gasteiger partial charge < -0.3 is 10.6 Å². The van der Waals surface area contributed by atoms with E-state index < -0.39 is 0 Å². The normalized spacial score (nSPS) is 12.9. The molecule has 0 saturated carbocycles. The average molecular weight is 291 g/mol. The molecule has 1 heterocycles. The highest BCUT2D eigenvalue weighted by Crippen LogP contribution is 2.23. The Morgan fingerprint density at radius 2 is 2.00 bits per heavy atom. The van der Waals surface area contributed by atoms with Crippen LogP contribution >= 0.6 is 0 Å². The lowest BCUT2D eigenvalue weighted by Gasteiger charge is -2.20. The predicted octanol–water partition coefficient (Wildman–Crippen LogP) is 3.73. The van der Waals surface area contributed by atoms with Gasteiger partial charge in [0.25, 0.3) is 5.91 Å². The van der Waals surface area contributed by atoms with Gasteiger partial charge in [-0.05, 0) is 25.5 Å². The van der Waals surface area contributed by atoms with Crippen LogP contribution in [0.4, 0.5) is 5.82 Å². The summed E-state index contributed by atoms with van der Waals surface area (Å²) in [4.78, 5) is 16.9. The Balaban J connectivity index is 2.93. The Morgan fingerprint density at radius 1 is 1.33 bits per heavy atom. The summed E-state index contributed by atoms with van der Waals surface area (Å²) in [6, 6.07) is 3.89. The zero-order valence-corrected chi connectivity index (χ0v) is 14.2. The molecule has 1 amide bonds. The van der Waals surface area contributed by atoms with E-state index in [0.29, 0.717) is 5.56 Å². The molecule has 1 rings (SSSR count). The van der Waals surface area contributed by atoms with Crippen molar-refractivity contribution in [2.45, 2.75) is 65.3 Å². The number of aromatic nitrogens is 1. The van der Waals surface area contributed by atoms with Crippen molar-refractivity contribution in [1.29, 1.82) is 0 Å². The van der Waals surface area contributed by atoms with E-state index in [1.54, 1.807) is 6.07 Å². The number of carbonyl (C=O) groups is 1. The molecule has 0 aliphatic rings. The van der Waals surface area contributed by atoms with Crippen molar-refractivity contribution in [1.82, 2.24) is 10.3 Å². The van der Waals surface area contributed by atoms with Crippen LogP contribution in [0, 0.1) is 0 Å². The fourth-order valence-corrected chi connectivity index (χ4v) is 2.06. The van der Waals surface area contributed by atoms with Crippen molar-refractivity contribution in [3.8, 4) is 0 Å². The van der Waals surface area contributed by atoms with Crippen LogP contribution in [0.15, 0.2) is 12.1 Å². The van der Waals surface area contributed by atoms with E-state index >= 15 is 0 Å². The Kier molecular flexibility index (Phi) is 6.19. The smallest absolute Gasteiger partial charge is 0.251 e. The molecule has 21 heavy (non-hydrogen) atoms. The maximum absolute atomic E-state index is 12.4. The molecule has 0 aromatic carbocycles. The number of hydrogen-bond acceptors (Lipinski definition) is 3. The number of nitrogens with one attached hydrogen (secondary N) is 2. The summed E-state index contributed by atoms with van der Waals surface area (Å²) in [6.07, 6.45) is 3.29. The minimum atomic E-state index is -0.0876. The molecule has 1 aromatic heterocycles. The van der Waals surface area contributed by atoms with Crippen LogP contribution in [0.1, 0.15) is 69.9 Å². The van der Waals surface area contributed by atoms with Crippen LogP contribution in [0.3, 0.4) is 0 Å². The van der Waals surface area contributed by atoms with Crippen LogP contribution in [0.25, 0.3) is 0 Å². The second kappa shape index (κ2) is 7.43. The lowest BCUT2D eigenvalue weighted by atomic mass is 9.90. The van der Waals surface area contributed by atoms with Gasteiger partial charge in [0.1, 0.15) is 5.82 Å². The van der Waals surface area contributed by atoms with Gasteiger partial charge in [0.2, 0.25) is 0 Å². The number of unbranched alkanes of at least 4 members (excludes halogenated alkanes) is 1. The third kappa shape index (κ3) is 5.37. The number of carbonyl (C=O) groups excluding carboxylic acids is 1. The summed E-state index contributed by atoms with van der Waals surface area (Å²) in [6.45, 7) is 10.5. The van der Waals surface area contributed by atoms with E-state index in [4.69, 9.17) is 0 Å². The van der Waals surface area contributed by atoms with Gasteiger partial charge in [-0.25, -0.2) is 4.98 Å². The number of amides is 1. The van der Waals surface area contributed by atoms with Crippen molar-refractivity contribution in [3.05, 3.63) is 23.4 Å². The highest BCUT2D eigenvalue weighted by atomic mass is 16.1. The van der Waals surface area contributed by atoms with E-state index in [1.807, 2.05) is 13.1 Å². The topological polar surface area (TPSA) is 54.0 Å². The van der Waals surface area contributed by atoms with Crippen LogP contribution in [-0.2, 0) is 5.41 Å². The summed E-state index contributed by atoms with van der Waals surface area (Å²) < 4.78 is 0. The molecule has 1 aromatic rings. The highest BCUT2D eigenvalue weighted by molar-refractivity contribution is 5.95. The molecular weight excluding hydrogens is 262 g/mol. The van der Waals surface area contributed by atoms with Crippen molar-refractivity contribution >= 4 is 11.7 Å². The standard InChI is InChI=1S/C17H29N3O/c1-7-8-9-12(2)19-16(21)13-10-14(17(3,4)5)20-15(11-13)18-6/h10-12H,7-9H2,1-6H3,(H,18,20)(H,19,21). The van der Waals surface area contributed by atoms with Gasteiger partial charge in [0.05, 0.1) is 0 Å². The second-order valence-corrected chi connectivity index (χ2v) is 6.64. The summed E-state index contributed by atoms with van der Waals surface area (Å²) in [7, 11) is 1.82. The first kappa shape index (κ1) is 17.5. The molecule has 0 aliphatic carbocycles. The number of nitrogens with zero attached hydrogens (tertiary/aromatic N) is 1. The van der Waals surface area contributed by atoms with Gasteiger partial charge >= 0.3 is 0 Å². The molecule has 0 bridgehead atoms. The van der Waals surface area contributed by atoms with Crippen molar-refractivity contribution in [2.75, 3.05) is 12.4 Å². The van der Waals surface area contributed by atoms with Gasteiger partial charge in [-0.15, -0.1) is 0 Å². The first-order valence-corrected chi connectivity index (χ1v) is 7.79. The minimum Gasteiger partial charge on any atom is -0.373 e. The van der Waals surface area contributed by atoms with E-state index in [-0.39, 0.29) is 17.4 Å². The number of rotatable bonds is 6. The predicted molar refractivity (Wildman–Crippen MR) is 88.9 cm³/mol. The Hall–Kier alpha value is -1.58. The van der Waals surface area contributed by atoms with Crippen molar-refractivity contribution in [2.24, 2.45) is 0 Å². The fraction of sp³-hybridized carbons (Fsp3) is 0.647. The molecular formula is C17H29N3O. The first-order valence-electron chi connectivity index (χ1n) is 7.79. The maximum Gasteiger partial charge on any atom is 0.251 e. The highest BCUT2D eigenvalue weighted by Gasteiger charge is 2.19. The molecule has 0 radical (unpaired) electrons. The maximum atomic E-state index is 12.4. The van der Waals surface area contributed by atoms with Gasteiger partial charge in [-0.1, -0.05) is 40.5 Å². The molecule has 2 N–H and O–H groups in total. The van der Waals surface area contributed by atoms with Crippen LogP contribution in [0.2, 0.25) is 0 Å². The first-order chi connectivity index (χ1) is 9.77. The minimum absolute atomic E-state index is 0.0250. The SMILES string of the molecule is CCCCC(C)NC(=O)c1cc(NC)nc(C(C)(C)C)c1. The molecule has 118 valence electrons. The van der Waals surface area contributed by atoms with E-state index in [0.717, 1.165) is 30.8 Å². The largest absolute Gasteiger partial charge is 0.373 e. The molecule has 0 aliphatic heterocycles. The third-order valence-corrected chi connectivity index (χ3v) is 3.48. The number of pyridine rings is 1. The number of hydrogen-bond donors (Lipinski definition) is 2. The van der Waals surface area contributed by atoms with Crippen molar-refractivity contribution < 1.29 is 4.79 Å². The molecule has 1 atom stereocenters. The quantitative estimate of drug-likeness (QED) is 0.839. The zero-order valence-electron chi connectivity index (χ0n) is 14.2. The third-order valence-electron chi connectivity index (χ3n) is 3.48. The lowest BCUT2D eigenvalue weighted by molar-refractivity contribution is 0.0937. The van der Waals surface area contributed by atoms with Crippen LogP contribution < -0.4 is 10.6 Å². The summed E-state index contributed by atoms with van der Waals surface area (Å²) in [5, 5.41) is 6.10. The van der Waals surface area contributed by atoms with Gasteiger partial charge in [-0.2, -0.15) is 0 Å². The van der Waals surface area contributed by atoms with Gasteiger partial charge in [0.15, 0.2) is 0 Å². The zero-order chi connectivity index (χ0) is 16.0. The monoisotopic (exact) mass is 291 g/mol. The molecule has 0 spiro atoms. The second-order valence-electron chi connectivity index (χ2n) is 6.64. The van der Waals surface area contributed by atoms with Crippen LogP contribution in [-0.4, -0.2) is 24.0 Å². The molecule has 0 saturated heterocycles.